The number of carbonyl (C=O) groups is 1. The van der Waals surface area contributed by atoms with Gasteiger partial charge in [0.2, 0.25) is 4.77 Å². The number of aromatic amines is 1. The number of nitrogens with one attached hydrogen (secondary N) is 1. The summed E-state index contributed by atoms with van der Waals surface area (Å²) in [6.07, 6.45) is 0. The number of ether oxygens (including phenoxy) is 1. The molecule has 0 aliphatic carbocycles. The van der Waals surface area contributed by atoms with Gasteiger partial charge in [0.1, 0.15) is 5.82 Å². The molecule has 0 atom stereocenters. The maximum absolute atomic E-state index is 11.5. The molecule has 0 aliphatic rings. The minimum Gasteiger partial charge on any atom is -0.465 e. The Morgan fingerprint density at radius 2 is 1.96 bits per heavy atom. The van der Waals surface area contributed by atoms with E-state index in [1.165, 1.54) is 7.11 Å². The maximum atomic E-state index is 11.5. The summed E-state index contributed by atoms with van der Waals surface area (Å²) in [5, 5.41) is 3.27. The Labute approximate surface area is 147 Å². The molecule has 0 amide bonds. The van der Waals surface area contributed by atoms with Crippen LogP contribution < -0.4 is 0 Å². The van der Waals surface area contributed by atoms with Crippen LogP contribution in [-0.2, 0) is 23.4 Å². The highest BCUT2D eigenvalue weighted by Gasteiger charge is 2.18. The van der Waals surface area contributed by atoms with Gasteiger partial charge in [0, 0.05) is 12.0 Å². The Kier molecular flexibility index (Phi) is 5.56. The third-order valence-electron chi connectivity index (χ3n) is 3.60. The number of rotatable bonds is 5. The lowest BCUT2D eigenvalue weighted by molar-refractivity contribution is 0.0600. The zero-order chi connectivity index (χ0) is 17.9. The second-order valence-electron chi connectivity index (χ2n) is 6.88. The van der Waals surface area contributed by atoms with Gasteiger partial charge in [0.15, 0.2) is 0 Å². The molecule has 1 aromatic heterocycles. The molecule has 1 heterocycles. The van der Waals surface area contributed by atoms with Gasteiger partial charge in [-0.15, -0.1) is 0 Å². The van der Waals surface area contributed by atoms with Crippen LogP contribution in [0.25, 0.3) is 0 Å². The van der Waals surface area contributed by atoms with Gasteiger partial charge in [0.25, 0.3) is 0 Å². The SMILES string of the molecule is COC(=O)c1ccc(CN(C)Cn2[nH]c(C(C)(C)C)nc2=S)cc1. The number of esters is 1. The lowest BCUT2D eigenvalue weighted by Gasteiger charge is -2.18. The average molecular weight is 348 g/mol. The average Bonchev–Trinajstić information content (AvgIpc) is 2.88. The summed E-state index contributed by atoms with van der Waals surface area (Å²) in [7, 11) is 3.39. The molecule has 0 saturated carbocycles. The normalized spacial score (nSPS) is 11.8. The van der Waals surface area contributed by atoms with Gasteiger partial charge in [0.05, 0.1) is 19.3 Å². The Bertz CT molecular complexity index is 756. The first kappa shape index (κ1) is 18.4. The van der Waals surface area contributed by atoms with E-state index >= 15 is 0 Å². The van der Waals surface area contributed by atoms with E-state index < -0.39 is 0 Å². The highest BCUT2D eigenvalue weighted by Crippen LogP contribution is 2.17. The second-order valence-corrected chi connectivity index (χ2v) is 7.24. The summed E-state index contributed by atoms with van der Waals surface area (Å²) >= 11 is 5.33. The lowest BCUT2D eigenvalue weighted by atomic mass is 9.96. The highest BCUT2D eigenvalue weighted by molar-refractivity contribution is 7.71. The fraction of sp³-hybridized carbons (Fsp3) is 0.471. The minimum absolute atomic E-state index is 0.0684. The molecule has 0 saturated heterocycles. The molecular formula is C17H24N4O2S. The van der Waals surface area contributed by atoms with Crippen molar-refractivity contribution >= 4 is 18.2 Å². The molecule has 0 radical (unpaired) electrons. The fourth-order valence-corrected chi connectivity index (χ4v) is 2.45. The molecule has 0 unspecified atom stereocenters. The van der Waals surface area contributed by atoms with Gasteiger partial charge < -0.3 is 4.74 Å². The van der Waals surface area contributed by atoms with E-state index in [0.29, 0.717) is 17.0 Å². The molecule has 1 aromatic carbocycles. The third-order valence-corrected chi connectivity index (χ3v) is 3.91. The molecule has 1 N–H and O–H groups in total. The Balaban J connectivity index is 2.03. The van der Waals surface area contributed by atoms with Gasteiger partial charge in [-0.3, -0.25) is 10.00 Å². The third kappa shape index (κ3) is 4.52. The number of carbonyl (C=O) groups excluding carboxylic acids is 1. The van der Waals surface area contributed by atoms with Crippen LogP contribution >= 0.6 is 12.2 Å². The van der Waals surface area contributed by atoms with E-state index in [1.54, 1.807) is 12.1 Å². The number of nitrogens with zero attached hydrogens (tertiary/aromatic N) is 3. The van der Waals surface area contributed by atoms with Crippen molar-refractivity contribution < 1.29 is 9.53 Å². The fourth-order valence-electron chi connectivity index (χ4n) is 2.26. The van der Waals surface area contributed by atoms with Crippen LogP contribution in [0.4, 0.5) is 0 Å². The smallest absolute Gasteiger partial charge is 0.337 e. The van der Waals surface area contributed by atoms with Gasteiger partial charge in [-0.2, -0.15) is 0 Å². The highest BCUT2D eigenvalue weighted by atomic mass is 32.1. The van der Waals surface area contributed by atoms with Crippen molar-refractivity contribution in [2.45, 2.75) is 39.4 Å². The van der Waals surface area contributed by atoms with Crippen molar-refractivity contribution in [3.63, 3.8) is 0 Å². The summed E-state index contributed by atoms with van der Waals surface area (Å²) in [5.41, 5.74) is 1.59. The number of aromatic nitrogens is 3. The molecule has 2 aromatic rings. The maximum Gasteiger partial charge on any atom is 0.337 e. The molecule has 0 aliphatic heterocycles. The van der Waals surface area contributed by atoms with E-state index in [2.05, 4.69) is 35.8 Å². The van der Waals surface area contributed by atoms with Crippen molar-refractivity contribution in [2.75, 3.05) is 14.2 Å². The molecule has 7 heteroatoms. The zero-order valence-electron chi connectivity index (χ0n) is 14.8. The Morgan fingerprint density at radius 3 is 2.46 bits per heavy atom. The molecule has 0 fully saturated rings. The predicted molar refractivity (Wildman–Crippen MR) is 95.4 cm³/mol. The first-order chi connectivity index (χ1) is 11.2. The second kappa shape index (κ2) is 7.27. The van der Waals surface area contributed by atoms with Crippen LogP contribution in [0.15, 0.2) is 24.3 Å². The van der Waals surface area contributed by atoms with Crippen molar-refractivity contribution in [1.29, 1.82) is 0 Å². The standard InChI is InChI=1S/C17H24N4O2S/c1-17(2,3)15-18-16(24)21(19-15)11-20(4)10-12-6-8-13(9-7-12)14(22)23-5/h6-9H,10-11H2,1-5H3,(H,18,19,24). The van der Waals surface area contributed by atoms with Gasteiger partial charge in [-0.25, -0.2) is 14.5 Å². The Morgan fingerprint density at radius 1 is 1.33 bits per heavy atom. The van der Waals surface area contributed by atoms with Crippen molar-refractivity contribution in [2.24, 2.45) is 0 Å². The summed E-state index contributed by atoms with van der Waals surface area (Å²) in [4.78, 5) is 18.0. The number of hydrogen-bond donors (Lipinski definition) is 1. The Hall–Kier alpha value is -1.99. The predicted octanol–water partition coefficient (Wildman–Crippen LogP) is 3.11. The van der Waals surface area contributed by atoms with Crippen LogP contribution in [-0.4, -0.2) is 39.8 Å². The number of H-pyrrole nitrogens is 1. The van der Waals surface area contributed by atoms with Crippen molar-refractivity contribution in [3.05, 3.63) is 46.0 Å². The van der Waals surface area contributed by atoms with Crippen LogP contribution in [0, 0.1) is 4.77 Å². The minimum atomic E-state index is -0.326. The number of benzene rings is 1. The van der Waals surface area contributed by atoms with Crippen molar-refractivity contribution in [1.82, 2.24) is 19.7 Å². The molecule has 6 nitrogen and oxygen atoms in total. The van der Waals surface area contributed by atoms with Gasteiger partial charge in [-0.1, -0.05) is 32.9 Å². The first-order valence-corrected chi connectivity index (χ1v) is 8.14. The largest absolute Gasteiger partial charge is 0.465 e. The molecule has 130 valence electrons. The van der Waals surface area contributed by atoms with E-state index in [0.717, 1.165) is 17.9 Å². The van der Waals surface area contributed by atoms with Crippen LogP contribution in [0.3, 0.4) is 0 Å². The summed E-state index contributed by atoms with van der Waals surface area (Å²) in [5.74, 6) is 0.553. The monoisotopic (exact) mass is 348 g/mol. The van der Waals surface area contributed by atoms with Gasteiger partial charge >= 0.3 is 5.97 Å². The molecule has 24 heavy (non-hydrogen) atoms. The van der Waals surface area contributed by atoms with E-state index in [4.69, 9.17) is 17.0 Å². The zero-order valence-corrected chi connectivity index (χ0v) is 15.6. The summed E-state index contributed by atoms with van der Waals surface area (Å²) in [6.45, 7) is 7.63. The first-order valence-electron chi connectivity index (χ1n) is 7.74. The summed E-state index contributed by atoms with van der Waals surface area (Å²) < 4.78 is 7.11. The van der Waals surface area contributed by atoms with Crippen LogP contribution in [0.5, 0.6) is 0 Å². The van der Waals surface area contributed by atoms with Crippen molar-refractivity contribution in [3.8, 4) is 0 Å². The number of hydrogen-bond acceptors (Lipinski definition) is 5. The van der Waals surface area contributed by atoms with Gasteiger partial charge in [-0.05, 0) is 37.0 Å². The summed E-state index contributed by atoms with van der Waals surface area (Å²) in [6, 6.07) is 7.40. The molecule has 2 rings (SSSR count). The van der Waals surface area contributed by atoms with E-state index in [1.807, 2.05) is 23.9 Å². The molecule has 0 spiro atoms. The topological polar surface area (TPSA) is 63.1 Å². The molecule has 0 bridgehead atoms. The van der Waals surface area contributed by atoms with E-state index in [-0.39, 0.29) is 11.4 Å². The van der Waals surface area contributed by atoms with Crippen LogP contribution in [0.1, 0.15) is 42.5 Å². The quantitative estimate of drug-likeness (QED) is 0.664. The molecular weight excluding hydrogens is 324 g/mol. The van der Waals surface area contributed by atoms with Crippen LogP contribution in [0.2, 0.25) is 0 Å². The number of methoxy groups -OCH3 is 1. The lowest BCUT2D eigenvalue weighted by Crippen LogP contribution is -2.23. The van der Waals surface area contributed by atoms with E-state index in [9.17, 15) is 4.79 Å².